The van der Waals surface area contributed by atoms with Crippen molar-refractivity contribution in [1.82, 2.24) is 15.3 Å². The second kappa shape index (κ2) is 4.82. The zero-order chi connectivity index (χ0) is 8.81. The Morgan fingerprint density at radius 3 is 3.25 bits per heavy atom. The van der Waals surface area contributed by atoms with Gasteiger partial charge >= 0.3 is 0 Å². The average molecular weight is 185 g/mol. The van der Waals surface area contributed by atoms with E-state index in [0.717, 1.165) is 5.82 Å². The SMILES string of the molecule is CSCC(=O)NCc1ncc[nH]1. The molecule has 1 aromatic rings. The van der Waals surface area contributed by atoms with Crippen LogP contribution >= 0.6 is 11.8 Å². The number of amides is 1. The van der Waals surface area contributed by atoms with Crippen LogP contribution in [0.5, 0.6) is 0 Å². The molecule has 5 heteroatoms. The minimum atomic E-state index is 0.0406. The molecule has 0 atom stereocenters. The molecule has 0 aliphatic heterocycles. The maximum atomic E-state index is 11.0. The van der Waals surface area contributed by atoms with Crippen LogP contribution in [0.3, 0.4) is 0 Å². The summed E-state index contributed by atoms with van der Waals surface area (Å²) in [6.07, 6.45) is 5.29. The summed E-state index contributed by atoms with van der Waals surface area (Å²) >= 11 is 1.50. The van der Waals surface area contributed by atoms with Crippen LogP contribution in [0.2, 0.25) is 0 Å². The number of thioether (sulfide) groups is 1. The third kappa shape index (κ3) is 2.96. The molecular formula is C7H11N3OS. The predicted octanol–water partition coefficient (Wildman–Crippen LogP) is 0.389. The predicted molar refractivity (Wildman–Crippen MR) is 48.8 cm³/mol. The summed E-state index contributed by atoms with van der Waals surface area (Å²) in [7, 11) is 0. The number of hydrogen-bond donors (Lipinski definition) is 2. The van der Waals surface area contributed by atoms with E-state index < -0.39 is 0 Å². The summed E-state index contributed by atoms with van der Waals surface area (Å²) in [5.74, 6) is 1.32. The van der Waals surface area contributed by atoms with E-state index in [1.54, 1.807) is 12.4 Å². The second-order valence-electron chi connectivity index (χ2n) is 2.25. The van der Waals surface area contributed by atoms with Crippen molar-refractivity contribution >= 4 is 17.7 Å². The van der Waals surface area contributed by atoms with Gasteiger partial charge in [0, 0.05) is 12.4 Å². The van der Waals surface area contributed by atoms with E-state index in [1.165, 1.54) is 11.8 Å². The molecule has 0 aromatic carbocycles. The van der Waals surface area contributed by atoms with Gasteiger partial charge in [-0.3, -0.25) is 4.79 Å². The van der Waals surface area contributed by atoms with Crippen molar-refractivity contribution in [2.45, 2.75) is 6.54 Å². The number of hydrogen-bond acceptors (Lipinski definition) is 3. The zero-order valence-corrected chi connectivity index (χ0v) is 7.65. The third-order valence-corrected chi connectivity index (χ3v) is 1.83. The highest BCUT2D eigenvalue weighted by molar-refractivity contribution is 7.99. The maximum absolute atomic E-state index is 11.0. The smallest absolute Gasteiger partial charge is 0.230 e. The van der Waals surface area contributed by atoms with Gasteiger partial charge in [0.05, 0.1) is 12.3 Å². The van der Waals surface area contributed by atoms with E-state index in [0.29, 0.717) is 12.3 Å². The van der Waals surface area contributed by atoms with Gasteiger partial charge in [0.15, 0.2) is 0 Å². The fourth-order valence-electron chi connectivity index (χ4n) is 0.759. The molecule has 0 saturated carbocycles. The van der Waals surface area contributed by atoms with Crippen LogP contribution in [0, 0.1) is 0 Å². The summed E-state index contributed by atoms with van der Waals surface area (Å²) in [5, 5.41) is 2.73. The highest BCUT2D eigenvalue weighted by Crippen LogP contribution is 1.91. The lowest BCUT2D eigenvalue weighted by Crippen LogP contribution is -2.24. The molecule has 0 aliphatic rings. The van der Waals surface area contributed by atoms with Crippen molar-refractivity contribution in [3.05, 3.63) is 18.2 Å². The molecule has 66 valence electrons. The number of H-pyrrole nitrogens is 1. The largest absolute Gasteiger partial charge is 0.348 e. The van der Waals surface area contributed by atoms with Crippen LogP contribution in [0.1, 0.15) is 5.82 Å². The molecular weight excluding hydrogens is 174 g/mol. The number of nitrogens with zero attached hydrogens (tertiary/aromatic N) is 1. The van der Waals surface area contributed by atoms with Gasteiger partial charge in [0.25, 0.3) is 0 Å². The molecule has 1 rings (SSSR count). The fourth-order valence-corrected chi connectivity index (χ4v) is 1.12. The molecule has 0 unspecified atom stereocenters. The number of carbonyl (C=O) groups is 1. The Bertz CT molecular complexity index is 235. The Hall–Kier alpha value is -0.970. The zero-order valence-electron chi connectivity index (χ0n) is 6.83. The lowest BCUT2D eigenvalue weighted by atomic mass is 10.5. The molecule has 0 bridgehead atoms. The molecule has 1 amide bonds. The summed E-state index contributed by atoms with van der Waals surface area (Å²) in [6, 6.07) is 0. The highest BCUT2D eigenvalue weighted by Gasteiger charge is 1.99. The van der Waals surface area contributed by atoms with Crippen LogP contribution in [0.25, 0.3) is 0 Å². The number of rotatable bonds is 4. The maximum Gasteiger partial charge on any atom is 0.230 e. The molecule has 1 heterocycles. The number of aromatic amines is 1. The number of aromatic nitrogens is 2. The molecule has 0 fully saturated rings. The Morgan fingerprint density at radius 2 is 2.67 bits per heavy atom. The van der Waals surface area contributed by atoms with Crippen molar-refractivity contribution < 1.29 is 4.79 Å². The molecule has 0 aliphatic carbocycles. The first-order valence-electron chi connectivity index (χ1n) is 3.57. The van der Waals surface area contributed by atoms with E-state index in [2.05, 4.69) is 15.3 Å². The molecule has 0 radical (unpaired) electrons. The molecule has 1 aromatic heterocycles. The van der Waals surface area contributed by atoms with Crippen LogP contribution in [-0.4, -0.2) is 27.9 Å². The summed E-state index contributed by atoms with van der Waals surface area (Å²) in [6.45, 7) is 0.479. The van der Waals surface area contributed by atoms with E-state index >= 15 is 0 Å². The van der Waals surface area contributed by atoms with E-state index in [9.17, 15) is 4.79 Å². The average Bonchev–Trinajstić information content (AvgIpc) is 2.53. The van der Waals surface area contributed by atoms with Crippen molar-refractivity contribution in [1.29, 1.82) is 0 Å². The molecule has 12 heavy (non-hydrogen) atoms. The Kier molecular flexibility index (Phi) is 3.66. The van der Waals surface area contributed by atoms with Gasteiger partial charge in [-0.2, -0.15) is 11.8 Å². The number of nitrogens with one attached hydrogen (secondary N) is 2. The molecule has 0 saturated heterocycles. The van der Waals surface area contributed by atoms with Crippen molar-refractivity contribution in [2.75, 3.05) is 12.0 Å². The highest BCUT2D eigenvalue weighted by atomic mass is 32.2. The van der Waals surface area contributed by atoms with Crippen molar-refractivity contribution in [2.24, 2.45) is 0 Å². The monoisotopic (exact) mass is 185 g/mol. The van der Waals surface area contributed by atoms with Gasteiger partial charge < -0.3 is 10.3 Å². The van der Waals surface area contributed by atoms with E-state index in [4.69, 9.17) is 0 Å². The van der Waals surface area contributed by atoms with Gasteiger partial charge in [-0.25, -0.2) is 4.98 Å². The first-order chi connectivity index (χ1) is 5.83. The Balaban J connectivity index is 2.22. The van der Waals surface area contributed by atoms with Crippen LogP contribution in [0.15, 0.2) is 12.4 Å². The normalized spacial score (nSPS) is 9.75. The molecule has 4 nitrogen and oxygen atoms in total. The minimum absolute atomic E-state index is 0.0406. The molecule has 2 N–H and O–H groups in total. The summed E-state index contributed by atoms with van der Waals surface area (Å²) in [5.41, 5.74) is 0. The van der Waals surface area contributed by atoms with E-state index in [1.807, 2.05) is 6.26 Å². The van der Waals surface area contributed by atoms with Crippen molar-refractivity contribution in [3.8, 4) is 0 Å². The fraction of sp³-hybridized carbons (Fsp3) is 0.429. The topological polar surface area (TPSA) is 57.8 Å². The number of imidazole rings is 1. The molecule has 0 spiro atoms. The van der Waals surface area contributed by atoms with E-state index in [-0.39, 0.29) is 5.91 Å². The van der Waals surface area contributed by atoms with Crippen LogP contribution in [0.4, 0.5) is 0 Å². The quantitative estimate of drug-likeness (QED) is 0.713. The number of carbonyl (C=O) groups excluding carboxylic acids is 1. The minimum Gasteiger partial charge on any atom is -0.348 e. The first-order valence-corrected chi connectivity index (χ1v) is 4.96. The van der Waals surface area contributed by atoms with Crippen molar-refractivity contribution in [3.63, 3.8) is 0 Å². The first kappa shape index (κ1) is 9.12. The Labute approximate surface area is 75.2 Å². The van der Waals surface area contributed by atoms with Gasteiger partial charge in [-0.05, 0) is 6.26 Å². The van der Waals surface area contributed by atoms with Gasteiger partial charge in [-0.15, -0.1) is 0 Å². The van der Waals surface area contributed by atoms with Gasteiger partial charge in [0.1, 0.15) is 5.82 Å². The van der Waals surface area contributed by atoms with Crippen LogP contribution in [-0.2, 0) is 11.3 Å². The Morgan fingerprint density at radius 1 is 1.83 bits per heavy atom. The second-order valence-corrected chi connectivity index (χ2v) is 3.11. The van der Waals surface area contributed by atoms with Crippen LogP contribution < -0.4 is 5.32 Å². The standard InChI is InChI=1S/C7H11N3OS/c1-12-5-7(11)10-4-6-8-2-3-9-6/h2-3H,4-5H2,1H3,(H,8,9)(H,10,11). The summed E-state index contributed by atoms with van der Waals surface area (Å²) < 4.78 is 0. The summed E-state index contributed by atoms with van der Waals surface area (Å²) in [4.78, 5) is 17.8. The third-order valence-electron chi connectivity index (χ3n) is 1.28. The lowest BCUT2D eigenvalue weighted by molar-refractivity contribution is -0.118. The lowest BCUT2D eigenvalue weighted by Gasteiger charge is -2.00. The van der Waals surface area contributed by atoms with Gasteiger partial charge in [0.2, 0.25) is 5.91 Å². The van der Waals surface area contributed by atoms with Gasteiger partial charge in [-0.1, -0.05) is 0 Å².